The van der Waals surface area contributed by atoms with Gasteiger partial charge in [-0.15, -0.1) is 10.2 Å². The molecule has 11 heteroatoms. The molecule has 4 rings (SSSR count). The van der Waals surface area contributed by atoms with E-state index in [9.17, 15) is 8.42 Å². The van der Waals surface area contributed by atoms with Crippen molar-refractivity contribution in [3.63, 3.8) is 0 Å². The monoisotopic (exact) mass is 430 g/mol. The molecule has 3 heterocycles. The van der Waals surface area contributed by atoms with Crippen molar-refractivity contribution in [1.82, 2.24) is 24.1 Å². The lowest BCUT2D eigenvalue weighted by Gasteiger charge is -2.34. The van der Waals surface area contributed by atoms with E-state index in [0.717, 1.165) is 0 Å². The minimum Gasteiger partial charge on any atom is -0.497 e. The zero-order chi connectivity index (χ0) is 21.1. The zero-order valence-electron chi connectivity index (χ0n) is 16.7. The van der Waals surface area contributed by atoms with Crippen LogP contribution < -0.4 is 14.4 Å². The summed E-state index contributed by atoms with van der Waals surface area (Å²) < 4.78 is 40.0. The van der Waals surface area contributed by atoms with Crippen LogP contribution in [0.3, 0.4) is 0 Å². The first-order chi connectivity index (χ1) is 14.5. The summed E-state index contributed by atoms with van der Waals surface area (Å²) in [6.45, 7) is 1.66. The number of aromatic nitrogens is 4. The van der Waals surface area contributed by atoms with Crippen LogP contribution in [0.4, 0.5) is 5.82 Å². The minimum atomic E-state index is -3.72. The molecule has 158 valence electrons. The second-order valence-corrected chi connectivity index (χ2v) is 8.53. The highest BCUT2D eigenvalue weighted by atomic mass is 32.2. The van der Waals surface area contributed by atoms with Crippen LogP contribution in [0.25, 0.3) is 5.82 Å². The van der Waals surface area contributed by atoms with Gasteiger partial charge in [-0.2, -0.15) is 4.31 Å². The van der Waals surface area contributed by atoms with E-state index < -0.39 is 10.0 Å². The number of rotatable bonds is 6. The quantitative estimate of drug-likeness (QED) is 0.575. The Kier molecular flexibility index (Phi) is 5.55. The molecule has 0 atom stereocenters. The van der Waals surface area contributed by atoms with Gasteiger partial charge in [-0.3, -0.25) is 4.57 Å². The molecule has 1 aliphatic rings. The molecule has 1 saturated heterocycles. The van der Waals surface area contributed by atoms with Crippen LogP contribution >= 0.6 is 0 Å². The second kappa shape index (κ2) is 8.28. The lowest BCUT2D eigenvalue weighted by molar-refractivity contribution is 0.370. The Hall–Kier alpha value is -3.18. The first-order valence-electron chi connectivity index (χ1n) is 9.32. The molecule has 2 aromatic heterocycles. The van der Waals surface area contributed by atoms with Gasteiger partial charge >= 0.3 is 0 Å². The predicted molar refractivity (Wildman–Crippen MR) is 110 cm³/mol. The molecule has 30 heavy (non-hydrogen) atoms. The van der Waals surface area contributed by atoms with Crippen LogP contribution in [0, 0.1) is 0 Å². The van der Waals surface area contributed by atoms with Gasteiger partial charge in [0.05, 0.1) is 14.2 Å². The first-order valence-corrected chi connectivity index (χ1v) is 10.8. The molecular formula is C19H22N6O4S. The van der Waals surface area contributed by atoms with Gasteiger partial charge < -0.3 is 14.4 Å². The molecule has 0 spiro atoms. The molecule has 0 aliphatic carbocycles. The number of imidazole rings is 1. The first kappa shape index (κ1) is 20.1. The van der Waals surface area contributed by atoms with Crippen molar-refractivity contribution in [2.45, 2.75) is 4.90 Å². The minimum absolute atomic E-state index is 0.0993. The van der Waals surface area contributed by atoms with Crippen LogP contribution in [0.1, 0.15) is 0 Å². The summed E-state index contributed by atoms with van der Waals surface area (Å²) in [5, 5.41) is 8.50. The van der Waals surface area contributed by atoms with E-state index in [2.05, 4.69) is 15.2 Å². The van der Waals surface area contributed by atoms with Crippen molar-refractivity contribution in [2.75, 3.05) is 45.3 Å². The maximum atomic E-state index is 13.2. The summed E-state index contributed by atoms with van der Waals surface area (Å²) in [6.07, 6.45) is 5.12. The topological polar surface area (TPSA) is 103 Å². The Morgan fingerprint density at radius 2 is 1.67 bits per heavy atom. The molecule has 0 amide bonds. The third kappa shape index (κ3) is 3.81. The summed E-state index contributed by atoms with van der Waals surface area (Å²) >= 11 is 0. The van der Waals surface area contributed by atoms with Crippen LogP contribution in [-0.2, 0) is 10.0 Å². The van der Waals surface area contributed by atoms with E-state index >= 15 is 0 Å². The smallest absolute Gasteiger partial charge is 0.247 e. The predicted octanol–water partition coefficient (Wildman–Crippen LogP) is 1.19. The normalized spacial score (nSPS) is 15.2. The van der Waals surface area contributed by atoms with Gasteiger partial charge in [0, 0.05) is 44.6 Å². The van der Waals surface area contributed by atoms with Crippen molar-refractivity contribution in [1.29, 1.82) is 0 Å². The van der Waals surface area contributed by atoms with Crippen LogP contribution in [-0.4, -0.2) is 72.9 Å². The van der Waals surface area contributed by atoms with E-state index in [0.29, 0.717) is 49.3 Å². The molecule has 0 N–H and O–H groups in total. The second-order valence-electron chi connectivity index (χ2n) is 6.63. The van der Waals surface area contributed by atoms with Crippen molar-refractivity contribution < 1.29 is 17.9 Å². The lowest BCUT2D eigenvalue weighted by Crippen LogP contribution is -2.49. The zero-order valence-corrected chi connectivity index (χ0v) is 17.5. The Labute approximate surface area is 174 Å². The summed E-state index contributed by atoms with van der Waals surface area (Å²) in [4.78, 5) is 6.11. The molecule has 1 aliphatic heterocycles. The number of hydrogen-bond acceptors (Lipinski definition) is 8. The van der Waals surface area contributed by atoms with E-state index in [-0.39, 0.29) is 4.90 Å². The standard InChI is InChI=1S/C19H22N6O4S/c1-28-15-3-4-16(29-2)17(13-15)30(26,27)25-11-9-23(10-12-25)18-5-6-19(22-21-18)24-8-7-20-14-24/h3-8,13-14H,9-12H2,1-2H3. The Balaban J connectivity index is 1.48. The fourth-order valence-corrected chi connectivity index (χ4v) is 4.89. The maximum Gasteiger partial charge on any atom is 0.247 e. The van der Waals surface area contributed by atoms with Crippen molar-refractivity contribution in [3.05, 3.63) is 49.1 Å². The Bertz CT molecular complexity index is 1090. The Morgan fingerprint density at radius 3 is 2.27 bits per heavy atom. The highest BCUT2D eigenvalue weighted by Gasteiger charge is 2.31. The van der Waals surface area contributed by atoms with Crippen molar-refractivity contribution >= 4 is 15.8 Å². The average Bonchev–Trinajstić information content (AvgIpc) is 3.34. The summed E-state index contributed by atoms with van der Waals surface area (Å²) in [7, 11) is -0.779. The lowest BCUT2D eigenvalue weighted by atomic mass is 10.3. The van der Waals surface area contributed by atoms with E-state index in [1.54, 1.807) is 35.4 Å². The van der Waals surface area contributed by atoms with Gasteiger partial charge in [0.2, 0.25) is 10.0 Å². The largest absolute Gasteiger partial charge is 0.497 e. The molecule has 1 aromatic carbocycles. The molecule has 0 bridgehead atoms. The van der Waals surface area contributed by atoms with Crippen molar-refractivity contribution in [2.24, 2.45) is 0 Å². The van der Waals surface area contributed by atoms with Gasteiger partial charge in [-0.1, -0.05) is 0 Å². The van der Waals surface area contributed by atoms with Gasteiger partial charge in [0.25, 0.3) is 0 Å². The van der Waals surface area contributed by atoms with Gasteiger partial charge in [0.15, 0.2) is 11.6 Å². The van der Waals surface area contributed by atoms with Crippen LogP contribution in [0.5, 0.6) is 11.5 Å². The molecule has 1 fully saturated rings. The fraction of sp³-hybridized carbons (Fsp3) is 0.316. The summed E-state index contributed by atoms with van der Waals surface area (Å²) in [5.74, 6) is 2.12. The van der Waals surface area contributed by atoms with Crippen LogP contribution in [0.2, 0.25) is 0 Å². The van der Waals surface area contributed by atoms with Gasteiger partial charge in [0.1, 0.15) is 22.7 Å². The van der Waals surface area contributed by atoms with Crippen LogP contribution in [0.15, 0.2) is 53.9 Å². The number of ether oxygens (including phenoxy) is 2. The molecule has 0 radical (unpaired) electrons. The third-order valence-corrected chi connectivity index (χ3v) is 6.88. The maximum absolute atomic E-state index is 13.2. The third-order valence-electron chi connectivity index (χ3n) is 4.96. The number of sulfonamides is 1. The molecular weight excluding hydrogens is 408 g/mol. The number of benzene rings is 1. The van der Waals surface area contributed by atoms with Crippen molar-refractivity contribution in [3.8, 4) is 17.3 Å². The SMILES string of the molecule is COc1ccc(OC)c(S(=O)(=O)N2CCN(c3ccc(-n4ccnc4)nn3)CC2)c1. The molecule has 10 nitrogen and oxygen atoms in total. The highest BCUT2D eigenvalue weighted by Crippen LogP contribution is 2.31. The van der Waals surface area contributed by atoms with E-state index in [1.165, 1.54) is 24.6 Å². The number of methoxy groups -OCH3 is 2. The number of nitrogens with zero attached hydrogens (tertiary/aromatic N) is 6. The van der Waals surface area contributed by atoms with Gasteiger partial charge in [-0.05, 0) is 24.3 Å². The number of piperazine rings is 1. The molecule has 0 saturated carbocycles. The van der Waals surface area contributed by atoms with Gasteiger partial charge in [-0.25, -0.2) is 13.4 Å². The van der Waals surface area contributed by atoms with E-state index in [1.807, 2.05) is 17.0 Å². The Morgan fingerprint density at radius 1 is 0.933 bits per heavy atom. The summed E-state index contributed by atoms with van der Waals surface area (Å²) in [5.41, 5.74) is 0. The average molecular weight is 430 g/mol. The molecule has 3 aromatic rings. The number of anilines is 1. The highest BCUT2D eigenvalue weighted by molar-refractivity contribution is 7.89. The van der Waals surface area contributed by atoms with E-state index in [4.69, 9.17) is 9.47 Å². The number of hydrogen-bond donors (Lipinski definition) is 0. The fourth-order valence-electron chi connectivity index (χ4n) is 3.30. The molecule has 0 unspecified atom stereocenters. The summed E-state index contributed by atoms with van der Waals surface area (Å²) in [6, 6.07) is 8.48.